The highest BCUT2D eigenvalue weighted by Crippen LogP contribution is 2.31. The Bertz CT molecular complexity index is 1020. The number of carbonyl (C=O) groups excluding carboxylic acids is 4. The number of hydrogen-bond acceptors (Lipinski definition) is 4. The van der Waals surface area contributed by atoms with E-state index in [0.717, 1.165) is 40.2 Å². The molecule has 1 aliphatic heterocycles. The summed E-state index contributed by atoms with van der Waals surface area (Å²) in [6.07, 6.45) is 3.56. The molecule has 0 aromatic heterocycles. The summed E-state index contributed by atoms with van der Waals surface area (Å²) in [7, 11) is 0. The maximum Gasteiger partial charge on any atom is 0.334 e. The number of hydrogen-bond donors (Lipinski definition) is 1. The van der Waals surface area contributed by atoms with E-state index in [-0.39, 0.29) is 12.0 Å². The van der Waals surface area contributed by atoms with Crippen LogP contribution in [0.5, 0.6) is 0 Å². The SMILES string of the molecule is C[C@@H]1CCCC[C@H]1N1C(=O)C(=O)N(CC(=O)Nc2ccccc2-c2ccccc2)C1=O. The number of para-hydroxylation sites is 1. The lowest BCUT2D eigenvalue weighted by Crippen LogP contribution is -2.46. The zero-order valence-electron chi connectivity index (χ0n) is 17.4. The van der Waals surface area contributed by atoms with Crippen LogP contribution in [0.2, 0.25) is 0 Å². The summed E-state index contributed by atoms with van der Waals surface area (Å²) in [6, 6.07) is 15.9. The molecule has 2 aliphatic rings. The number of urea groups is 1. The van der Waals surface area contributed by atoms with E-state index in [1.54, 1.807) is 12.1 Å². The first-order valence-corrected chi connectivity index (χ1v) is 10.6. The predicted octanol–water partition coefficient (Wildman–Crippen LogP) is 3.66. The van der Waals surface area contributed by atoms with Gasteiger partial charge in [-0.05, 0) is 30.4 Å². The van der Waals surface area contributed by atoms with Gasteiger partial charge in [-0.1, -0.05) is 68.3 Å². The number of amides is 5. The van der Waals surface area contributed by atoms with Gasteiger partial charge in [-0.3, -0.25) is 19.3 Å². The fraction of sp³-hybridized carbons (Fsp3) is 0.333. The summed E-state index contributed by atoms with van der Waals surface area (Å²) in [5.41, 5.74) is 2.32. The largest absolute Gasteiger partial charge is 0.334 e. The van der Waals surface area contributed by atoms with Crippen LogP contribution in [0.1, 0.15) is 32.6 Å². The van der Waals surface area contributed by atoms with Crippen molar-refractivity contribution in [3.63, 3.8) is 0 Å². The van der Waals surface area contributed by atoms with Gasteiger partial charge in [-0.25, -0.2) is 9.69 Å². The van der Waals surface area contributed by atoms with Crippen molar-refractivity contribution < 1.29 is 19.2 Å². The molecule has 1 aliphatic carbocycles. The van der Waals surface area contributed by atoms with Gasteiger partial charge in [0.2, 0.25) is 5.91 Å². The van der Waals surface area contributed by atoms with Crippen LogP contribution >= 0.6 is 0 Å². The van der Waals surface area contributed by atoms with Gasteiger partial charge in [0.05, 0.1) is 0 Å². The molecule has 2 aromatic carbocycles. The second-order valence-corrected chi connectivity index (χ2v) is 8.14. The van der Waals surface area contributed by atoms with E-state index in [4.69, 9.17) is 0 Å². The second-order valence-electron chi connectivity index (χ2n) is 8.14. The molecule has 160 valence electrons. The lowest BCUT2D eigenvalue weighted by atomic mass is 9.85. The average Bonchev–Trinajstić information content (AvgIpc) is 2.98. The molecule has 1 heterocycles. The Kier molecular flexibility index (Phi) is 5.84. The van der Waals surface area contributed by atoms with Gasteiger partial charge in [-0.2, -0.15) is 0 Å². The molecule has 0 bridgehead atoms. The van der Waals surface area contributed by atoms with Crippen LogP contribution in [0.3, 0.4) is 0 Å². The van der Waals surface area contributed by atoms with Crippen molar-refractivity contribution in [3.8, 4) is 11.1 Å². The molecule has 2 atom stereocenters. The molecule has 1 N–H and O–H groups in total. The van der Waals surface area contributed by atoms with Crippen LogP contribution in [0, 0.1) is 5.92 Å². The third-order valence-corrected chi connectivity index (χ3v) is 6.07. The minimum Gasteiger partial charge on any atom is -0.324 e. The molecule has 1 saturated carbocycles. The molecule has 7 heteroatoms. The van der Waals surface area contributed by atoms with E-state index >= 15 is 0 Å². The van der Waals surface area contributed by atoms with Crippen LogP contribution in [-0.2, 0) is 14.4 Å². The molecule has 1 saturated heterocycles. The molecular formula is C24H25N3O4. The third-order valence-electron chi connectivity index (χ3n) is 6.07. The Labute approximate surface area is 181 Å². The molecule has 31 heavy (non-hydrogen) atoms. The van der Waals surface area contributed by atoms with E-state index in [2.05, 4.69) is 5.32 Å². The fourth-order valence-electron chi connectivity index (χ4n) is 4.43. The first-order chi connectivity index (χ1) is 15.0. The lowest BCUT2D eigenvalue weighted by Gasteiger charge is -2.34. The molecule has 0 unspecified atom stereocenters. The molecule has 5 amide bonds. The number of rotatable bonds is 5. The Balaban J connectivity index is 1.49. The van der Waals surface area contributed by atoms with Gasteiger partial charge in [0.1, 0.15) is 6.54 Å². The monoisotopic (exact) mass is 419 g/mol. The van der Waals surface area contributed by atoms with Crippen molar-refractivity contribution >= 4 is 29.4 Å². The minimum atomic E-state index is -0.936. The molecule has 4 rings (SSSR count). The standard InChI is InChI=1S/C24H25N3O4/c1-16-9-5-8-14-20(16)27-23(30)22(29)26(24(27)31)15-21(28)25-19-13-7-6-12-18(19)17-10-3-2-4-11-17/h2-4,6-7,10-13,16,20H,5,8-9,14-15H2,1H3,(H,25,28)/t16-,20-/m1/s1. The zero-order valence-corrected chi connectivity index (χ0v) is 17.4. The highest BCUT2D eigenvalue weighted by Gasteiger charge is 2.49. The predicted molar refractivity (Wildman–Crippen MR) is 116 cm³/mol. The first-order valence-electron chi connectivity index (χ1n) is 10.6. The van der Waals surface area contributed by atoms with E-state index < -0.39 is 30.3 Å². The topological polar surface area (TPSA) is 86.8 Å². The first kappa shape index (κ1) is 20.8. The number of anilines is 1. The van der Waals surface area contributed by atoms with Gasteiger partial charge in [0, 0.05) is 17.3 Å². The summed E-state index contributed by atoms with van der Waals surface area (Å²) >= 11 is 0. The van der Waals surface area contributed by atoms with Crippen molar-refractivity contribution in [3.05, 3.63) is 54.6 Å². The number of benzene rings is 2. The molecule has 0 spiro atoms. The Morgan fingerprint density at radius 2 is 1.61 bits per heavy atom. The highest BCUT2D eigenvalue weighted by molar-refractivity contribution is 6.45. The maximum absolute atomic E-state index is 12.9. The quantitative estimate of drug-likeness (QED) is 0.592. The molecule has 0 radical (unpaired) electrons. The number of carbonyl (C=O) groups is 4. The summed E-state index contributed by atoms with van der Waals surface area (Å²) in [5.74, 6) is -2.16. The number of nitrogens with one attached hydrogen (secondary N) is 1. The Hall–Kier alpha value is -3.48. The van der Waals surface area contributed by atoms with E-state index in [9.17, 15) is 19.2 Å². The summed E-state index contributed by atoms with van der Waals surface area (Å²) in [4.78, 5) is 52.4. The normalized spacial score (nSPS) is 21.5. The maximum atomic E-state index is 12.9. The Morgan fingerprint density at radius 1 is 0.935 bits per heavy atom. The van der Waals surface area contributed by atoms with Crippen molar-refractivity contribution in [2.45, 2.75) is 38.6 Å². The highest BCUT2D eigenvalue weighted by atomic mass is 16.2. The third kappa shape index (κ3) is 4.08. The molecule has 7 nitrogen and oxygen atoms in total. The van der Waals surface area contributed by atoms with Gasteiger partial charge in [-0.15, -0.1) is 0 Å². The van der Waals surface area contributed by atoms with Crippen LogP contribution < -0.4 is 5.32 Å². The fourth-order valence-corrected chi connectivity index (χ4v) is 4.43. The van der Waals surface area contributed by atoms with Crippen LogP contribution in [0.15, 0.2) is 54.6 Å². The van der Waals surface area contributed by atoms with E-state index in [1.165, 1.54) is 0 Å². The van der Waals surface area contributed by atoms with Crippen molar-refractivity contribution in [1.29, 1.82) is 0 Å². The molecule has 2 aromatic rings. The second kappa shape index (κ2) is 8.71. The van der Waals surface area contributed by atoms with Gasteiger partial charge in [0.15, 0.2) is 0 Å². The number of imide groups is 2. The van der Waals surface area contributed by atoms with Crippen molar-refractivity contribution in [1.82, 2.24) is 9.80 Å². The summed E-state index contributed by atoms with van der Waals surface area (Å²) < 4.78 is 0. The number of nitrogens with zero attached hydrogens (tertiary/aromatic N) is 2. The average molecular weight is 419 g/mol. The van der Waals surface area contributed by atoms with Crippen LogP contribution in [-0.4, -0.2) is 46.1 Å². The van der Waals surface area contributed by atoms with Crippen molar-refractivity contribution in [2.75, 3.05) is 11.9 Å². The molecular weight excluding hydrogens is 394 g/mol. The smallest absolute Gasteiger partial charge is 0.324 e. The van der Waals surface area contributed by atoms with Crippen LogP contribution in [0.25, 0.3) is 11.1 Å². The molecule has 2 fully saturated rings. The Morgan fingerprint density at radius 3 is 2.35 bits per heavy atom. The van der Waals surface area contributed by atoms with E-state index in [0.29, 0.717) is 12.1 Å². The van der Waals surface area contributed by atoms with Crippen LogP contribution in [0.4, 0.5) is 10.5 Å². The van der Waals surface area contributed by atoms with Gasteiger partial charge < -0.3 is 5.32 Å². The zero-order chi connectivity index (χ0) is 22.0. The van der Waals surface area contributed by atoms with Gasteiger partial charge in [0.25, 0.3) is 0 Å². The summed E-state index contributed by atoms with van der Waals surface area (Å²) in [6.45, 7) is 1.49. The summed E-state index contributed by atoms with van der Waals surface area (Å²) in [5, 5.41) is 2.78. The van der Waals surface area contributed by atoms with Gasteiger partial charge >= 0.3 is 17.8 Å². The lowest BCUT2D eigenvalue weighted by molar-refractivity contribution is -0.145. The minimum absolute atomic E-state index is 0.140. The van der Waals surface area contributed by atoms with E-state index in [1.807, 2.05) is 49.4 Å². The van der Waals surface area contributed by atoms with Crippen molar-refractivity contribution in [2.24, 2.45) is 5.92 Å².